The van der Waals surface area contributed by atoms with Gasteiger partial charge in [0.1, 0.15) is 0 Å². The van der Waals surface area contributed by atoms with Crippen molar-refractivity contribution < 1.29 is 9.90 Å². The first-order valence-corrected chi connectivity index (χ1v) is 5.99. The highest BCUT2D eigenvalue weighted by molar-refractivity contribution is 5.80. The van der Waals surface area contributed by atoms with Crippen molar-refractivity contribution in [3.63, 3.8) is 0 Å². The predicted octanol–water partition coefficient (Wildman–Crippen LogP) is 0.600. The molecular weight excluding hydrogens is 218 g/mol. The van der Waals surface area contributed by atoms with Crippen molar-refractivity contribution in [2.45, 2.75) is 45.1 Å². The molecule has 0 aliphatic heterocycles. The van der Waals surface area contributed by atoms with E-state index in [4.69, 9.17) is 0 Å². The Balaban J connectivity index is 1.98. The van der Waals surface area contributed by atoms with E-state index >= 15 is 0 Å². The van der Waals surface area contributed by atoms with Gasteiger partial charge in [-0.2, -0.15) is 5.10 Å². The molecule has 1 heterocycles. The van der Waals surface area contributed by atoms with Crippen LogP contribution >= 0.6 is 0 Å². The largest absolute Gasteiger partial charge is 0.394 e. The number of hydrogen-bond donors (Lipinski definition) is 3. The number of rotatable bonds is 4. The topological polar surface area (TPSA) is 78.0 Å². The van der Waals surface area contributed by atoms with Crippen molar-refractivity contribution in [3.05, 3.63) is 17.0 Å². The number of aliphatic hydroxyl groups is 1. The highest BCUT2D eigenvalue weighted by atomic mass is 16.3. The molecule has 0 aromatic carbocycles. The van der Waals surface area contributed by atoms with E-state index in [0.29, 0.717) is 6.42 Å². The lowest BCUT2D eigenvalue weighted by molar-refractivity contribution is -0.124. The van der Waals surface area contributed by atoms with Gasteiger partial charge in [0.05, 0.1) is 24.3 Å². The summed E-state index contributed by atoms with van der Waals surface area (Å²) in [4.78, 5) is 11.9. The second-order valence-electron chi connectivity index (χ2n) is 4.93. The van der Waals surface area contributed by atoms with Gasteiger partial charge < -0.3 is 10.4 Å². The molecule has 0 bridgehead atoms. The highest BCUT2D eigenvalue weighted by Gasteiger charge is 2.37. The fraction of sp³-hybridized carbons (Fsp3) is 0.667. The van der Waals surface area contributed by atoms with E-state index in [9.17, 15) is 9.90 Å². The molecule has 0 radical (unpaired) electrons. The number of aromatic nitrogens is 2. The first kappa shape index (κ1) is 12.1. The Kier molecular flexibility index (Phi) is 3.19. The van der Waals surface area contributed by atoms with Crippen LogP contribution in [0.4, 0.5) is 0 Å². The van der Waals surface area contributed by atoms with Gasteiger partial charge in [-0.15, -0.1) is 0 Å². The third-order valence-electron chi connectivity index (χ3n) is 3.64. The lowest BCUT2D eigenvalue weighted by atomic mass is 9.77. The number of amides is 1. The summed E-state index contributed by atoms with van der Waals surface area (Å²) in [6, 6.07) is 0. The molecule has 1 aromatic rings. The highest BCUT2D eigenvalue weighted by Crippen LogP contribution is 2.31. The molecule has 94 valence electrons. The molecule has 1 fully saturated rings. The summed E-state index contributed by atoms with van der Waals surface area (Å²) in [6.45, 7) is 3.83. The molecule has 0 unspecified atom stereocenters. The summed E-state index contributed by atoms with van der Waals surface area (Å²) < 4.78 is 0. The fourth-order valence-electron chi connectivity index (χ4n) is 2.26. The Morgan fingerprint density at radius 1 is 1.53 bits per heavy atom. The van der Waals surface area contributed by atoms with Crippen LogP contribution in [0.25, 0.3) is 0 Å². The Morgan fingerprint density at radius 2 is 2.24 bits per heavy atom. The Morgan fingerprint density at radius 3 is 2.65 bits per heavy atom. The molecule has 1 aliphatic rings. The van der Waals surface area contributed by atoms with E-state index in [1.54, 1.807) is 0 Å². The Bertz CT molecular complexity index is 396. The molecule has 5 nitrogen and oxygen atoms in total. The average Bonchev–Trinajstić information content (AvgIpc) is 2.55. The summed E-state index contributed by atoms with van der Waals surface area (Å²) in [5.41, 5.74) is 2.39. The minimum absolute atomic E-state index is 0.0299. The molecule has 1 amide bonds. The lowest BCUT2D eigenvalue weighted by Gasteiger charge is -2.41. The lowest BCUT2D eigenvalue weighted by Crippen LogP contribution is -2.56. The molecule has 1 aliphatic carbocycles. The minimum atomic E-state index is -0.359. The van der Waals surface area contributed by atoms with E-state index < -0.39 is 0 Å². The first-order valence-electron chi connectivity index (χ1n) is 5.99. The van der Waals surface area contributed by atoms with E-state index in [2.05, 4.69) is 15.5 Å². The van der Waals surface area contributed by atoms with Gasteiger partial charge in [0, 0.05) is 11.3 Å². The number of nitrogens with one attached hydrogen (secondary N) is 2. The summed E-state index contributed by atoms with van der Waals surface area (Å²) in [5, 5.41) is 19.2. The molecule has 0 spiro atoms. The number of aryl methyl sites for hydroxylation is 2. The van der Waals surface area contributed by atoms with Crippen molar-refractivity contribution in [2.24, 2.45) is 0 Å². The standard InChI is InChI=1S/C12H19N3O2/c1-8-10(9(2)15-14-8)6-11(17)13-12(7-16)4-3-5-12/h16H,3-7H2,1-2H3,(H,13,17)(H,14,15). The smallest absolute Gasteiger partial charge is 0.225 e. The first-order chi connectivity index (χ1) is 8.06. The van der Waals surface area contributed by atoms with Crippen LogP contribution < -0.4 is 5.32 Å². The van der Waals surface area contributed by atoms with Crippen LogP contribution in [0.3, 0.4) is 0 Å². The molecule has 5 heteroatoms. The predicted molar refractivity (Wildman–Crippen MR) is 63.6 cm³/mol. The van der Waals surface area contributed by atoms with Gasteiger partial charge in [-0.25, -0.2) is 0 Å². The molecule has 1 aromatic heterocycles. The molecule has 3 N–H and O–H groups in total. The van der Waals surface area contributed by atoms with E-state index in [0.717, 1.165) is 36.2 Å². The second kappa shape index (κ2) is 4.49. The summed E-state index contributed by atoms with van der Waals surface area (Å²) in [6.07, 6.45) is 3.15. The van der Waals surface area contributed by atoms with Gasteiger partial charge in [-0.3, -0.25) is 9.89 Å². The SMILES string of the molecule is Cc1n[nH]c(C)c1CC(=O)NC1(CO)CCC1. The summed E-state index contributed by atoms with van der Waals surface area (Å²) in [7, 11) is 0. The van der Waals surface area contributed by atoms with Gasteiger partial charge in [-0.1, -0.05) is 0 Å². The molecule has 17 heavy (non-hydrogen) atoms. The van der Waals surface area contributed by atoms with Crippen LogP contribution in [0.1, 0.15) is 36.2 Å². The Hall–Kier alpha value is -1.36. The molecule has 1 saturated carbocycles. The number of aliphatic hydroxyl groups excluding tert-OH is 1. The van der Waals surface area contributed by atoms with Crippen LogP contribution in [-0.2, 0) is 11.2 Å². The minimum Gasteiger partial charge on any atom is -0.394 e. The number of nitrogens with zero attached hydrogens (tertiary/aromatic N) is 1. The van der Waals surface area contributed by atoms with E-state index in [1.165, 1.54) is 0 Å². The third kappa shape index (κ3) is 2.34. The van der Waals surface area contributed by atoms with Gasteiger partial charge in [0.2, 0.25) is 5.91 Å². The number of carbonyl (C=O) groups is 1. The normalized spacial score (nSPS) is 17.6. The Labute approximate surface area is 101 Å². The van der Waals surface area contributed by atoms with Gasteiger partial charge in [0.25, 0.3) is 0 Å². The maximum Gasteiger partial charge on any atom is 0.225 e. The summed E-state index contributed by atoms with van der Waals surface area (Å²) in [5.74, 6) is -0.0358. The third-order valence-corrected chi connectivity index (χ3v) is 3.64. The fourth-order valence-corrected chi connectivity index (χ4v) is 2.26. The zero-order chi connectivity index (χ0) is 12.5. The van der Waals surface area contributed by atoms with Crippen LogP contribution in [0, 0.1) is 13.8 Å². The van der Waals surface area contributed by atoms with Crippen molar-refractivity contribution in [1.29, 1.82) is 0 Å². The van der Waals surface area contributed by atoms with Crippen molar-refractivity contribution in [2.75, 3.05) is 6.61 Å². The van der Waals surface area contributed by atoms with E-state index in [1.807, 2.05) is 13.8 Å². The van der Waals surface area contributed by atoms with Crippen LogP contribution in [0.5, 0.6) is 0 Å². The monoisotopic (exact) mass is 237 g/mol. The number of carbonyl (C=O) groups excluding carboxylic acids is 1. The summed E-state index contributed by atoms with van der Waals surface area (Å²) >= 11 is 0. The molecule has 0 atom stereocenters. The van der Waals surface area contributed by atoms with Crippen LogP contribution in [-0.4, -0.2) is 33.4 Å². The van der Waals surface area contributed by atoms with Gasteiger partial charge >= 0.3 is 0 Å². The van der Waals surface area contributed by atoms with Gasteiger partial charge in [-0.05, 0) is 33.1 Å². The van der Waals surface area contributed by atoms with Crippen molar-refractivity contribution in [3.8, 4) is 0 Å². The average molecular weight is 237 g/mol. The molecule has 2 rings (SSSR count). The molecular formula is C12H19N3O2. The number of H-pyrrole nitrogens is 1. The number of hydrogen-bond acceptors (Lipinski definition) is 3. The number of aromatic amines is 1. The van der Waals surface area contributed by atoms with Crippen molar-refractivity contribution >= 4 is 5.91 Å². The second-order valence-corrected chi connectivity index (χ2v) is 4.93. The maximum absolute atomic E-state index is 11.9. The maximum atomic E-state index is 11.9. The zero-order valence-electron chi connectivity index (χ0n) is 10.3. The quantitative estimate of drug-likeness (QED) is 0.717. The van der Waals surface area contributed by atoms with Crippen molar-refractivity contribution in [1.82, 2.24) is 15.5 Å². The zero-order valence-corrected chi connectivity index (χ0v) is 10.3. The van der Waals surface area contributed by atoms with E-state index in [-0.39, 0.29) is 18.1 Å². The van der Waals surface area contributed by atoms with Gasteiger partial charge in [0.15, 0.2) is 0 Å². The molecule has 0 saturated heterocycles. The van der Waals surface area contributed by atoms with Crippen LogP contribution in [0.2, 0.25) is 0 Å². The van der Waals surface area contributed by atoms with Crippen LogP contribution in [0.15, 0.2) is 0 Å².